The van der Waals surface area contributed by atoms with Gasteiger partial charge in [0.25, 0.3) is 0 Å². The van der Waals surface area contributed by atoms with E-state index >= 15 is 0 Å². The number of carbonyl (C=O) groups excluding carboxylic acids is 1. The van der Waals surface area contributed by atoms with Crippen LogP contribution >= 0.6 is 0 Å². The fourth-order valence-electron chi connectivity index (χ4n) is 2.77. The first-order chi connectivity index (χ1) is 9.58. The quantitative estimate of drug-likeness (QED) is 0.818. The third-order valence-electron chi connectivity index (χ3n) is 4.02. The molecule has 0 aromatic heterocycles. The molecule has 21 heavy (non-hydrogen) atoms. The Balaban J connectivity index is 2.66. The Labute approximate surface area is 130 Å². The van der Waals surface area contributed by atoms with Crippen LogP contribution in [0.3, 0.4) is 0 Å². The molecule has 0 bridgehead atoms. The fourth-order valence-corrected chi connectivity index (χ4v) is 2.77. The van der Waals surface area contributed by atoms with Gasteiger partial charge in [0.05, 0.1) is 6.10 Å². The van der Waals surface area contributed by atoms with Crippen molar-refractivity contribution in [2.24, 2.45) is 17.3 Å². The highest BCUT2D eigenvalue weighted by molar-refractivity contribution is 5.76. The maximum absolute atomic E-state index is 12.3. The number of aliphatic hydroxyl groups is 1. The van der Waals surface area contributed by atoms with E-state index < -0.39 is 0 Å². The highest BCUT2D eigenvalue weighted by Gasteiger charge is 2.32. The summed E-state index contributed by atoms with van der Waals surface area (Å²) in [6.45, 7) is 15.0. The van der Waals surface area contributed by atoms with E-state index in [1.165, 1.54) is 0 Å². The minimum absolute atomic E-state index is 0.173. The topological polar surface area (TPSA) is 52.6 Å². The standard InChI is InChI=1S/C17H34N2O2/c1-12(2)7-16(21)19-9-14(13(3)20)8-15(10-19)18-11-17(4,5)6/h12-15,18,20H,7-11H2,1-6H3. The zero-order valence-electron chi connectivity index (χ0n) is 14.6. The maximum atomic E-state index is 12.3. The van der Waals surface area contributed by atoms with Gasteiger partial charge in [-0.05, 0) is 24.7 Å². The van der Waals surface area contributed by atoms with Gasteiger partial charge in [-0.15, -0.1) is 0 Å². The van der Waals surface area contributed by atoms with Gasteiger partial charge in [-0.25, -0.2) is 0 Å². The molecule has 0 aromatic carbocycles. The van der Waals surface area contributed by atoms with Crippen molar-refractivity contribution in [3.05, 3.63) is 0 Å². The summed E-state index contributed by atoms with van der Waals surface area (Å²) in [6, 6.07) is 0.286. The van der Waals surface area contributed by atoms with Crippen LogP contribution in [0, 0.1) is 17.3 Å². The summed E-state index contributed by atoms with van der Waals surface area (Å²) < 4.78 is 0. The number of nitrogens with zero attached hydrogens (tertiary/aromatic N) is 1. The van der Waals surface area contributed by atoms with Crippen LogP contribution in [0.5, 0.6) is 0 Å². The molecule has 1 saturated heterocycles. The van der Waals surface area contributed by atoms with Crippen molar-refractivity contribution in [2.75, 3.05) is 19.6 Å². The zero-order valence-corrected chi connectivity index (χ0v) is 14.6. The summed E-state index contributed by atoms with van der Waals surface area (Å²) in [5.41, 5.74) is 0.227. The summed E-state index contributed by atoms with van der Waals surface area (Å²) in [7, 11) is 0. The minimum Gasteiger partial charge on any atom is -0.393 e. The van der Waals surface area contributed by atoms with Crippen molar-refractivity contribution in [2.45, 2.75) is 66.5 Å². The minimum atomic E-state index is -0.362. The summed E-state index contributed by atoms with van der Waals surface area (Å²) in [4.78, 5) is 14.3. The van der Waals surface area contributed by atoms with Gasteiger partial charge in [0, 0.05) is 38.0 Å². The van der Waals surface area contributed by atoms with Gasteiger partial charge in [-0.3, -0.25) is 4.79 Å². The van der Waals surface area contributed by atoms with Crippen LogP contribution in [0.15, 0.2) is 0 Å². The van der Waals surface area contributed by atoms with Crippen LogP contribution in [0.4, 0.5) is 0 Å². The Hall–Kier alpha value is -0.610. The predicted molar refractivity (Wildman–Crippen MR) is 87.1 cm³/mol. The van der Waals surface area contributed by atoms with Crippen molar-refractivity contribution in [1.82, 2.24) is 10.2 Å². The highest BCUT2D eigenvalue weighted by Crippen LogP contribution is 2.22. The fraction of sp³-hybridized carbons (Fsp3) is 0.941. The van der Waals surface area contributed by atoms with Crippen LogP contribution in [-0.2, 0) is 4.79 Å². The van der Waals surface area contributed by atoms with Crippen molar-refractivity contribution < 1.29 is 9.90 Å². The van der Waals surface area contributed by atoms with E-state index in [9.17, 15) is 9.90 Å². The molecule has 0 aliphatic carbocycles. The molecular weight excluding hydrogens is 264 g/mol. The van der Waals surface area contributed by atoms with Gasteiger partial charge in [0.2, 0.25) is 5.91 Å². The molecule has 124 valence electrons. The first kappa shape index (κ1) is 18.4. The van der Waals surface area contributed by atoms with Gasteiger partial charge in [-0.2, -0.15) is 0 Å². The maximum Gasteiger partial charge on any atom is 0.222 e. The Kier molecular flexibility index (Phi) is 6.67. The lowest BCUT2D eigenvalue weighted by Gasteiger charge is -2.40. The van der Waals surface area contributed by atoms with Crippen molar-refractivity contribution in [3.8, 4) is 0 Å². The smallest absolute Gasteiger partial charge is 0.222 e. The third-order valence-corrected chi connectivity index (χ3v) is 4.02. The Morgan fingerprint density at radius 1 is 1.29 bits per heavy atom. The van der Waals surface area contributed by atoms with Crippen molar-refractivity contribution in [3.63, 3.8) is 0 Å². The van der Waals surface area contributed by atoms with Gasteiger partial charge in [-0.1, -0.05) is 34.6 Å². The molecule has 1 amide bonds. The van der Waals surface area contributed by atoms with E-state index in [0.29, 0.717) is 18.9 Å². The van der Waals surface area contributed by atoms with E-state index in [1.807, 2.05) is 11.8 Å². The number of rotatable bonds is 5. The molecule has 0 radical (unpaired) electrons. The van der Waals surface area contributed by atoms with E-state index in [4.69, 9.17) is 0 Å². The number of hydrogen-bond donors (Lipinski definition) is 2. The predicted octanol–water partition coefficient (Wildman–Crippen LogP) is 2.27. The number of nitrogens with one attached hydrogen (secondary N) is 1. The number of likely N-dealkylation sites (tertiary alicyclic amines) is 1. The first-order valence-electron chi connectivity index (χ1n) is 8.27. The highest BCUT2D eigenvalue weighted by atomic mass is 16.3. The summed E-state index contributed by atoms with van der Waals surface area (Å²) in [5, 5.41) is 13.5. The van der Waals surface area contributed by atoms with Gasteiger partial charge >= 0.3 is 0 Å². The molecule has 3 atom stereocenters. The average Bonchev–Trinajstić information content (AvgIpc) is 2.34. The number of piperidine rings is 1. The molecule has 4 nitrogen and oxygen atoms in total. The van der Waals surface area contributed by atoms with Crippen LogP contribution < -0.4 is 5.32 Å². The monoisotopic (exact) mass is 298 g/mol. The number of carbonyl (C=O) groups is 1. The van der Waals surface area contributed by atoms with E-state index in [2.05, 4.69) is 39.9 Å². The molecule has 3 unspecified atom stereocenters. The first-order valence-corrected chi connectivity index (χ1v) is 8.27. The average molecular weight is 298 g/mol. The molecule has 1 heterocycles. The Morgan fingerprint density at radius 3 is 2.38 bits per heavy atom. The lowest BCUT2D eigenvalue weighted by Crippen LogP contribution is -2.54. The molecule has 0 aromatic rings. The SMILES string of the molecule is CC(C)CC(=O)N1CC(NCC(C)(C)C)CC(C(C)O)C1. The second kappa shape index (κ2) is 7.59. The lowest BCUT2D eigenvalue weighted by molar-refractivity contribution is -0.135. The van der Waals surface area contributed by atoms with Gasteiger partial charge in [0.1, 0.15) is 0 Å². The molecule has 4 heteroatoms. The van der Waals surface area contributed by atoms with E-state index in [1.54, 1.807) is 0 Å². The largest absolute Gasteiger partial charge is 0.393 e. The second-order valence-electron chi connectivity index (χ2n) is 8.27. The van der Waals surface area contributed by atoms with E-state index in [0.717, 1.165) is 19.5 Å². The van der Waals surface area contributed by atoms with E-state index in [-0.39, 0.29) is 29.4 Å². The third kappa shape index (κ3) is 6.79. The van der Waals surface area contributed by atoms with Crippen LogP contribution in [-0.4, -0.2) is 47.7 Å². The molecule has 0 saturated carbocycles. The molecular formula is C17H34N2O2. The van der Waals surface area contributed by atoms with Crippen LogP contribution in [0.25, 0.3) is 0 Å². The molecule has 1 fully saturated rings. The number of aliphatic hydroxyl groups excluding tert-OH is 1. The molecule has 1 rings (SSSR count). The molecule has 1 aliphatic rings. The van der Waals surface area contributed by atoms with Gasteiger partial charge in [0.15, 0.2) is 0 Å². The Bertz CT molecular complexity index is 334. The number of hydrogen-bond acceptors (Lipinski definition) is 3. The summed E-state index contributed by atoms with van der Waals surface area (Å²) in [5.74, 6) is 0.774. The molecule has 2 N–H and O–H groups in total. The number of amides is 1. The van der Waals surface area contributed by atoms with Gasteiger partial charge < -0.3 is 15.3 Å². The van der Waals surface area contributed by atoms with Crippen molar-refractivity contribution >= 4 is 5.91 Å². The lowest BCUT2D eigenvalue weighted by atomic mass is 9.88. The van der Waals surface area contributed by atoms with Crippen LogP contribution in [0.2, 0.25) is 0 Å². The Morgan fingerprint density at radius 2 is 1.90 bits per heavy atom. The summed E-state index contributed by atoms with van der Waals surface area (Å²) in [6.07, 6.45) is 1.18. The zero-order chi connectivity index (χ0) is 16.2. The summed E-state index contributed by atoms with van der Waals surface area (Å²) >= 11 is 0. The second-order valence-corrected chi connectivity index (χ2v) is 8.27. The normalized spacial score (nSPS) is 25.2. The molecule has 0 spiro atoms. The van der Waals surface area contributed by atoms with Crippen molar-refractivity contribution in [1.29, 1.82) is 0 Å². The van der Waals surface area contributed by atoms with Crippen LogP contribution in [0.1, 0.15) is 54.4 Å². The molecule has 1 aliphatic heterocycles.